The second-order valence-corrected chi connectivity index (χ2v) is 10.0. The lowest BCUT2D eigenvalue weighted by Crippen LogP contribution is -2.38. The van der Waals surface area contributed by atoms with Crippen LogP contribution in [-0.4, -0.2) is 47.2 Å². The SMILES string of the molecule is CCCCN(Cn1nc(-c2ccc(Br)cc2)oc1=S)[C@@H]1CCS(=O)(=O)C1. The summed E-state index contributed by atoms with van der Waals surface area (Å²) in [6.07, 6.45) is 2.71. The molecule has 1 fully saturated rings. The van der Waals surface area contributed by atoms with Gasteiger partial charge in [0.1, 0.15) is 0 Å². The second kappa shape index (κ2) is 8.33. The Morgan fingerprint density at radius 2 is 2.12 bits per heavy atom. The van der Waals surface area contributed by atoms with Gasteiger partial charge in [-0.1, -0.05) is 29.3 Å². The van der Waals surface area contributed by atoms with Gasteiger partial charge in [-0.05, 0) is 49.3 Å². The minimum absolute atomic E-state index is 0.0151. The Hall–Kier alpha value is -1.03. The van der Waals surface area contributed by atoms with Gasteiger partial charge < -0.3 is 4.42 Å². The fraction of sp³-hybridized carbons (Fsp3) is 0.529. The molecular formula is C17H22BrN3O3S2. The van der Waals surface area contributed by atoms with E-state index >= 15 is 0 Å². The molecule has 1 aliphatic rings. The summed E-state index contributed by atoms with van der Waals surface area (Å²) in [4.78, 5) is 2.46. The number of sulfone groups is 1. The standard InChI is InChI=1S/C17H22BrN3O3S2/c1-2-3-9-20(15-8-10-26(22,23)11-15)12-21-17(25)24-16(19-21)13-4-6-14(18)7-5-13/h4-7,15H,2-3,8-12H2,1H3/t15-/m1/s1. The number of hydrogen-bond donors (Lipinski definition) is 0. The van der Waals surface area contributed by atoms with Crippen molar-refractivity contribution in [2.24, 2.45) is 0 Å². The van der Waals surface area contributed by atoms with Crippen molar-refractivity contribution < 1.29 is 12.8 Å². The van der Waals surface area contributed by atoms with Crippen LogP contribution >= 0.6 is 28.1 Å². The predicted molar refractivity (Wildman–Crippen MR) is 107 cm³/mol. The first-order valence-electron chi connectivity index (χ1n) is 8.66. The van der Waals surface area contributed by atoms with E-state index in [0.717, 1.165) is 29.4 Å². The largest absolute Gasteiger partial charge is 0.409 e. The minimum atomic E-state index is -2.94. The fourth-order valence-corrected chi connectivity index (χ4v) is 5.27. The molecule has 1 saturated heterocycles. The molecule has 1 aromatic carbocycles. The molecule has 0 radical (unpaired) electrons. The molecule has 26 heavy (non-hydrogen) atoms. The van der Waals surface area contributed by atoms with Gasteiger partial charge in [0.2, 0.25) is 5.89 Å². The van der Waals surface area contributed by atoms with Crippen molar-refractivity contribution in [3.8, 4) is 11.5 Å². The zero-order valence-electron chi connectivity index (χ0n) is 14.6. The average Bonchev–Trinajstić information content (AvgIpc) is 3.14. The zero-order chi connectivity index (χ0) is 18.7. The molecule has 0 aliphatic carbocycles. The summed E-state index contributed by atoms with van der Waals surface area (Å²) in [5.74, 6) is 0.938. The highest BCUT2D eigenvalue weighted by Gasteiger charge is 2.32. The lowest BCUT2D eigenvalue weighted by atomic mass is 10.2. The van der Waals surface area contributed by atoms with Crippen LogP contribution < -0.4 is 0 Å². The third kappa shape index (κ3) is 4.82. The first kappa shape index (κ1) is 19.7. The molecule has 2 aromatic rings. The Morgan fingerprint density at radius 1 is 1.38 bits per heavy atom. The van der Waals surface area contributed by atoms with Crippen LogP contribution in [0.15, 0.2) is 33.2 Å². The van der Waals surface area contributed by atoms with E-state index in [2.05, 4.69) is 32.9 Å². The Balaban J connectivity index is 1.80. The molecule has 0 saturated carbocycles. The van der Waals surface area contributed by atoms with Gasteiger partial charge in [0.15, 0.2) is 9.84 Å². The lowest BCUT2D eigenvalue weighted by molar-refractivity contribution is 0.151. The van der Waals surface area contributed by atoms with Gasteiger partial charge in [-0.25, -0.2) is 13.1 Å². The van der Waals surface area contributed by atoms with E-state index in [9.17, 15) is 8.42 Å². The van der Waals surface area contributed by atoms with Gasteiger partial charge in [0.05, 0.1) is 18.2 Å². The molecule has 0 amide bonds. The number of benzene rings is 1. The molecule has 1 aliphatic heterocycles. The minimum Gasteiger partial charge on any atom is -0.409 e. The third-order valence-electron chi connectivity index (χ3n) is 4.54. The van der Waals surface area contributed by atoms with Crippen LogP contribution in [0, 0.1) is 4.84 Å². The Bertz CT molecular complexity index is 906. The summed E-state index contributed by atoms with van der Waals surface area (Å²) >= 11 is 8.74. The summed E-state index contributed by atoms with van der Waals surface area (Å²) in [7, 11) is -2.94. The molecule has 2 heterocycles. The molecule has 142 valence electrons. The molecular weight excluding hydrogens is 438 g/mol. The van der Waals surface area contributed by atoms with Crippen molar-refractivity contribution in [2.75, 3.05) is 18.1 Å². The summed E-state index contributed by atoms with van der Waals surface area (Å²) in [5.41, 5.74) is 0.849. The van der Waals surface area contributed by atoms with Crippen molar-refractivity contribution in [2.45, 2.75) is 38.9 Å². The zero-order valence-corrected chi connectivity index (χ0v) is 17.8. The van der Waals surface area contributed by atoms with Crippen molar-refractivity contribution >= 4 is 38.0 Å². The van der Waals surface area contributed by atoms with Crippen LogP contribution in [0.3, 0.4) is 0 Å². The fourth-order valence-electron chi connectivity index (χ4n) is 3.07. The van der Waals surface area contributed by atoms with Gasteiger partial charge in [-0.3, -0.25) is 4.90 Å². The van der Waals surface area contributed by atoms with Crippen LogP contribution in [-0.2, 0) is 16.5 Å². The van der Waals surface area contributed by atoms with Gasteiger partial charge >= 0.3 is 0 Å². The van der Waals surface area contributed by atoms with Crippen molar-refractivity contribution in [1.29, 1.82) is 0 Å². The maximum atomic E-state index is 11.9. The van der Waals surface area contributed by atoms with E-state index in [1.54, 1.807) is 4.68 Å². The number of hydrogen-bond acceptors (Lipinski definition) is 6. The molecule has 0 unspecified atom stereocenters. The summed E-state index contributed by atoms with van der Waals surface area (Å²) in [5, 5.41) is 4.50. The number of aromatic nitrogens is 2. The molecule has 3 rings (SSSR count). The first-order chi connectivity index (χ1) is 12.4. The topological polar surface area (TPSA) is 68.3 Å². The van der Waals surface area contributed by atoms with Gasteiger partial charge in [0, 0.05) is 22.6 Å². The van der Waals surface area contributed by atoms with E-state index in [-0.39, 0.29) is 17.5 Å². The molecule has 9 heteroatoms. The van der Waals surface area contributed by atoms with Crippen molar-refractivity contribution in [3.05, 3.63) is 33.6 Å². The monoisotopic (exact) mass is 459 g/mol. The van der Waals surface area contributed by atoms with Crippen LogP contribution in [0.25, 0.3) is 11.5 Å². The maximum absolute atomic E-state index is 11.9. The quantitative estimate of drug-likeness (QED) is 0.585. The number of nitrogens with zero attached hydrogens (tertiary/aromatic N) is 3. The van der Waals surface area contributed by atoms with Crippen LogP contribution in [0.4, 0.5) is 0 Å². The maximum Gasteiger partial charge on any atom is 0.288 e. The summed E-state index contributed by atoms with van der Waals surface area (Å²) in [6, 6.07) is 7.68. The molecule has 0 N–H and O–H groups in total. The smallest absolute Gasteiger partial charge is 0.288 e. The van der Waals surface area contributed by atoms with E-state index < -0.39 is 9.84 Å². The summed E-state index contributed by atoms with van der Waals surface area (Å²) < 4.78 is 32.0. The number of halogens is 1. The number of rotatable bonds is 7. The number of unbranched alkanes of at least 4 members (excludes halogenated alkanes) is 1. The van der Waals surface area contributed by atoms with Gasteiger partial charge in [-0.2, -0.15) is 0 Å². The van der Waals surface area contributed by atoms with Crippen LogP contribution in [0.1, 0.15) is 26.2 Å². The van der Waals surface area contributed by atoms with E-state index in [4.69, 9.17) is 16.6 Å². The predicted octanol–water partition coefficient (Wildman–Crippen LogP) is 3.88. The van der Waals surface area contributed by atoms with E-state index in [0.29, 0.717) is 23.8 Å². The van der Waals surface area contributed by atoms with Gasteiger partial charge in [0.25, 0.3) is 4.84 Å². The molecule has 1 atom stereocenters. The second-order valence-electron chi connectivity index (χ2n) is 6.54. The summed E-state index contributed by atoms with van der Waals surface area (Å²) in [6.45, 7) is 3.38. The lowest BCUT2D eigenvalue weighted by Gasteiger charge is -2.27. The van der Waals surface area contributed by atoms with Crippen LogP contribution in [0.5, 0.6) is 0 Å². The highest BCUT2D eigenvalue weighted by molar-refractivity contribution is 9.10. The third-order valence-corrected chi connectivity index (χ3v) is 7.11. The molecule has 0 bridgehead atoms. The van der Waals surface area contributed by atoms with E-state index in [1.807, 2.05) is 24.3 Å². The molecule has 6 nitrogen and oxygen atoms in total. The Labute approximate surface area is 167 Å². The average molecular weight is 460 g/mol. The highest BCUT2D eigenvalue weighted by atomic mass is 79.9. The first-order valence-corrected chi connectivity index (χ1v) is 11.7. The van der Waals surface area contributed by atoms with Crippen LogP contribution in [0.2, 0.25) is 0 Å². The molecule has 0 spiro atoms. The normalized spacial score (nSPS) is 19.3. The highest BCUT2D eigenvalue weighted by Crippen LogP contribution is 2.22. The van der Waals surface area contributed by atoms with E-state index in [1.165, 1.54) is 0 Å². The Kier molecular flexibility index (Phi) is 6.32. The molecule has 1 aromatic heterocycles. The Morgan fingerprint density at radius 3 is 2.73 bits per heavy atom. The van der Waals surface area contributed by atoms with Crippen molar-refractivity contribution in [3.63, 3.8) is 0 Å². The van der Waals surface area contributed by atoms with Gasteiger partial charge in [-0.15, -0.1) is 5.10 Å². The van der Waals surface area contributed by atoms with Crippen molar-refractivity contribution in [1.82, 2.24) is 14.7 Å².